The van der Waals surface area contributed by atoms with Gasteiger partial charge in [0.05, 0.1) is 12.0 Å². The molecule has 5 nitrogen and oxygen atoms in total. The van der Waals surface area contributed by atoms with Crippen molar-refractivity contribution in [2.45, 2.75) is 64.3 Å². The van der Waals surface area contributed by atoms with E-state index in [4.69, 9.17) is 21.1 Å². The van der Waals surface area contributed by atoms with E-state index in [1.165, 1.54) is 30.5 Å². The van der Waals surface area contributed by atoms with Gasteiger partial charge in [-0.1, -0.05) is 37.9 Å². The zero-order chi connectivity index (χ0) is 22.3. The predicted molar refractivity (Wildman–Crippen MR) is 125 cm³/mol. The van der Waals surface area contributed by atoms with Gasteiger partial charge in [-0.2, -0.15) is 0 Å². The molecule has 1 aromatic rings. The van der Waals surface area contributed by atoms with Crippen LogP contribution in [0.15, 0.2) is 18.2 Å². The molecule has 0 amide bonds. The number of carbonyl (C=O) groups excluding carboxylic acids is 1. The standard InChI is InChI=1S/C26H35ClN2O3/c1-16-6-7-18(27)13-20(16)29-11-9-28(10-12-29)15-19-22-21(31-24(19)30)14-25(3)8-4-5-17(2)26(25)23(22)32-26/h6-7,13,17,19,21-23H,4-5,8-12,14-15H2,1-3H3/t17-,19-,21+,22-,23-,25-,26+/m0/s1. The van der Waals surface area contributed by atoms with Gasteiger partial charge in [-0.05, 0) is 49.8 Å². The van der Waals surface area contributed by atoms with Crippen molar-refractivity contribution in [1.29, 1.82) is 0 Å². The fourth-order valence-electron chi connectivity index (χ4n) is 7.82. The van der Waals surface area contributed by atoms with E-state index in [2.05, 4.69) is 42.7 Å². The van der Waals surface area contributed by atoms with Crippen LogP contribution in [-0.4, -0.2) is 61.4 Å². The maximum absolute atomic E-state index is 13.0. The lowest BCUT2D eigenvalue weighted by atomic mass is 9.53. The molecule has 1 aromatic carbocycles. The van der Waals surface area contributed by atoms with Crippen molar-refractivity contribution in [2.75, 3.05) is 37.6 Å². The molecule has 3 saturated heterocycles. The number of benzene rings is 1. The van der Waals surface area contributed by atoms with Gasteiger partial charge in [-0.25, -0.2) is 0 Å². The third-order valence-corrected chi connectivity index (χ3v) is 9.77. The zero-order valence-electron chi connectivity index (χ0n) is 19.5. The zero-order valence-corrected chi connectivity index (χ0v) is 20.2. The number of carbonyl (C=O) groups is 1. The second-order valence-electron chi connectivity index (χ2n) is 11.3. The molecular formula is C26H35ClN2O3. The first-order valence-corrected chi connectivity index (χ1v) is 12.8. The lowest BCUT2D eigenvalue weighted by Crippen LogP contribution is -2.55. The summed E-state index contributed by atoms with van der Waals surface area (Å²) in [7, 11) is 0. The SMILES string of the molecule is Cc1ccc(Cl)cc1N1CCN(C[C@@H]2C(=O)O[C@@H]3C[C@]4(C)CCC[C@H](C)[C@]45O[C@H]5[C@@H]23)CC1. The van der Waals surface area contributed by atoms with E-state index in [0.717, 1.165) is 44.2 Å². The van der Waals surface area contributed by atoms with Gasteiger partial charge in [0, 0.05) is 54.8 Å². The maximum Gasteiger partial charge on any atom is 0.311 e. The number of nitrogens with zero attached hydrogens (tertiary/aromatic N) is 2. The van der Waals surface area contributed by atoms with Crippen molar-refractivity contribution in [1.82, 2.24) is 4.90 Å². The number of hydrogen-bond acceptors (Lipinski definition) is 5. The van der Waals surface area contributed by atoms with E-state index in [1.54, 1.807) is 0 Å². The molecule has 1 spiro atoms. The minimum Gasteiger partial charge on any atom is -0.462 e. The van der Waals surface area contributed by atoms with Crippen LogP contribution in [0.25, 0.3) is 0 Å². The number of rotatable bonds is 3. The van der Waals surface area contributed by atoms with Crippen LogP contribution in [0, 0.1) is 30.1 Å². The van der Waals surface area contributed by atoms with E-state index in [0.29, 0.717) is 5.92 Å². The Morgan fingerprint density at radius 3 is 2.78 bits per heavy atom. The summed E-state index contributed by atoms with van der Waals surface area (Å²) in [6.07, 6.45) is 4.92. The third kappa shape index (κ3) is 3.00. The Morgan fingerprint density at radius 2 is 2.00 bits per heavy atom. The summed E-state index contributed by atoms with van der Waals surface area (Å²) in [6.45, 7) is 11.5. The molecule has 0 unspecified atom stereocenters. The highest BCUT2D eigenvalue weighted by atomic mass is 35.5. The van der Waals surface area contributed by atoms with Gasteiger partial charge in [0.2, 0.25) is 0 Å². The average molecular weight is 459 g/mol. The second-order valence-corrected chi connectivity index (χ2v) is 11.7. The Kier molecular flexibility index (Phi) is 4.88. The Balaban J connectivity index is 1.15. The summed E-state index contributed by atoms with van der Waals surface area (Å²) in [4.78, 5) is 17.9. The van der Waals surface area contributed by atoms with E-state index < -0.39 is 0 Å². The molecule has 3 heterocycles. The lowest BCUT2D eigenvalue weighted by Gasteiger charge is -2.49. The highest BCUT2D eigenvalue weighted by Gasteiger charge is 2.78. The van der Waals surface area contributed by atoms with Crippen LogP contribution in [0.5, 0.6) is 0 Å². The van der Waals surface area contributed by atoms with Gasteiger partial charge in [0.15, 0.2) is 0 Å². The molecular weight excluding hydrogens is 424 g/mol. The van der Waals surface area contributed by atoms with Crippen molar-refractivity contribution in [3.05, 3.63) is 28.8 Å². The molecule has 6 heteroatoms. The molecule has 6 rings (SSSR count). The minimum absolute atomic E-state index is 0.00802. The number of aryl methyl sites for hydroxylation is 1. The average Bonchev–Trinajstić information content (AvgIpc) is 3.45. The molecule has 174 valence electrons. The molecule has 0 aromatic heterocycles. The molecule has 5 aliphatic rings. The van der Waals surface area contributed by atoms with Crippen LogP contribution in [0.2, 0.25) is 5.02 Å². The maximum atomic E-state index is 13.0. The minimum atomic E-state index is -0.0532. The molecule has 0 N–H and O–H groups in total. The Bertz CT molecular complexity index is 932. The van der Waals surface area contributed by atoms with Crippen LogP contribution in [0.1, 0.15) is 45.1 Å². The normalized spacial score (nSPS) is 43.3. The number of anilines is 1. The fourth-order valence-corrected chi connectivity index (χ4v) is 7.98. The van der Waals surface area contributed by atoms with Gasteiger partial charge >= 0.3 is 5.97 Å². The first-order valence-electron chi connectivity index (χ1n) is 12.4. The summed E-state index contributed by atoms with van der Waals surface area (Å²) in [6, 6.07) is 6.11. The number of hydrogen-bond donors (Lipinski definition) is 0. The number of piperazine rings is 1. The monoisotopic (exact) mass is 458 g/mol. The fraction of sp³-hybridized carbons (Fsp3) is 0.731. The number of esters is 1. The molecule has 3 aliphatic heterocycles. The van der Waals surface area contributed by atoms with Crippen molar-refractivity contribution in [2.24, 2.45) is 23.2 Å². The highest BCUT2D eigenvalue weighted by Crippen LogP contribution is 2.70. The van der Waals surface area contributed by atoms with E-state index in [9.17, 15) is 4.79 Å². The van der Waals surface area contributed by atoms with Gasteiger partial charge in [-0.3, -0.25) is 9.69 Å². The first-order chi connectivity index (χ1) is 15.3. The van der Waals surface area contributed by atoms with Crippen molar-refractivity contribution in [3.63, 3.8) is 0 Å². The summed E-state index contributed by atoms with van der Waals surface area (Å²) in [5, 5.41) is 0.785. The molecule has 2 aliphatic carbocycles. The lowest BCUT2D eigenvalue weighted by molar-refractivity contribution is -0.146. The van der Waals surface area contributed by atoms with E-state index >= 15 is 0 Å². The van der Waals surface area contributed by atoms with Crippen molar-refractivity contribution >= 4 is 23.3 Å². The predicted octanol–water partition coefficient (Wildman–Crippen LogP) is 4.30. The summed E-state index contributed by atoms with van der Waals surface area (Å²) in [5.41, 5.74) is 2.63. The Hall–Kier alpha value is -1.30. The summed E-state index contributed by atoms with van der Waals surface area (Å²) < 4.78 is 12.6. The summed E-state index contributed by atoms with van der Waals surface area (Å²) in [5.74, 6) is 0.758. The highest BCUT2D eigenvalue weighted by molar-refractivity contribution is 6.30. The van der Waals surface area contributed by atoms with Crippen LogP contribution in [-0.2, 0) is 14.3 Å². The summed E-state index contributed by atoms with van der Waals surface area (Å²) >= 11 is 6.24. The Morgan fingerprint density at radius 1 is 1.22 bits per heavy atom. The van der Waals surface area contributed by atoms with Crippen LogP contribution in [0.3, 0.4) is 0 Å². The van der Waals surface area contributed by atoms with E-state index in [-0.39, 0.29) is 41.0 Å². The molecule has 7 atom stereocenters. The van der Waals surface area contributed by atoms with Crippen LogP contribution >= 0.6 is 11.6 Å². The van der Waals surface area contributed by atoms with E-state index in [1.807, 2.05) is 6.07 Å². The molecule has 0 radical (unpaired) electrons. The Labute approximate surface area is 196 Å². The molecule has 32 heavy (non-hydrogen) atoms. The molecule has 0 bridgehead atoms. The number of epoxide rings is 1. The van der Waals surface area contributed by atoms with Gasteiger partial charge < -0.3 is 14.4 Å². The third-order valence-electron chi connectivity index (χ3n) is 9.53. The van der Waals surface area contributed by atoms with Crippen molar-refractivity contribution in [3.8, 4) is 0 Å². The van der Waals surface area contributed by atoms with Crippen molar-refractivity contribution < 1.29 is 14.3 Å². The second kappa shape index (κ2) is 7.35. The van der Waals surface area contributed by atoms with Gasteiger partial charge in [-0.15, -0.1) is 0 Å². The number of fused-ring (bicyclic) bond motifs is 2. The molecule has 2 saturated carbocycles. The number of halogens is 1. The number of ether oxygens (including phenoxy) is 2. The quantitative estimate of drug-likeness (QED) is 0.499. The smallest absolute Gasteiger partial charge is 0.311 e. The topological polar surface area (TPSA) is 45.3 Å². The van der Waals surface area contributed by atoms with Gasteiger partial charge in [0.1, 0.15) is 11.7 Å². The van der Waals surface area contributed by atoms with Gasteiger partial charge in [0.25, 0.3) is 0 Å². The first kappa shape index (κ1) is 21.2. The molecule has 5 fully saturated rings. The van der Waals surface area contributed by atoms with Crippen LogP contribution in [0.4, 0.5) is 5.69 Å². The largest absolute Gasteiger partial charge is 0.462 e. The van der Waals surface area contributed by atoms with Crippen LogP contribution < -0.4 is 4.90 Å².